The first-order valence-corrected chi connectivity index (χ1v) is 4.14. The first kappa shape index (κ1) is 10.8. The predicted molar refractivity (Wildman–Crippen MR) is 50.3 cm³/mol. The van der Waals surface area contributed by atoms with Crippen molar-refractivity contribution in [2.45, 2.75) is 27.7 Å². The normalized spacial score (nSPS) is 8.33. The number of carbonyl (C=O) groups is 1. The van der Waals surface area contributed by atoms with E-state index in [1.165, 1.54) is 6.92 Å². The molecule has 0 saturated carbocycles. The summed E-state index contributed by atoms with van der Waals surface area (Å²) < 4.78 is 0. The molecule has 0 spiro atoms. The van der Waals surface area contributed by atoms with E-state index in [0.29, 0.717) is 5.69 Å². The maximum absolute atomic E-state index is 10.8. The van der Waals surface area contributed by atoms with Crippen LogP contribution in [-0.4, -0.2) is 10.8 Å². The lowest BCUT2D eigenvalue weighted by molar-refractivity contribution is 0.101. The average molecular weight is 165 g/mol. The molecule has 0 aromatic carbocycles. The van der Waals surface area contributed by atoms with Gasteiger partial charge in [0.05, 0.1) is 0 Å². The second kappa shape index (κ2) is 5.47. The van der Waals surface area contributed by atoms with Crippen molar-refractivity contribution in [1.29, 1.82) is 0 Å². The monoisotopic (exact) mass is 165 g/mol. The van der Waals surface area contributed by atoms with E-state index >= 15 is 0 Å². The molecular formula is C10H15NO. The van der Waals surface area contributed by atoms with E-state index in [-0.39, 0.29) is 5.78 Å². The van der Waals surface area contributed by atoms with Crippen LogP contribution in [0.1, 0.15) is 36.8 Å². The number of ketones is 1. The molecule has 1 rings (SSSR count). The van der Waals surface area contributed by atoms with Gasteiger partial charge in [0.25, 0.3) is 0 Å². The van der Waals surface area contributed by atoms with Crippen molar-refractivity contribution in [2.24, 2.45) is 0 Å². The molecule has 0 radical (unpaired) electrons. The molecule has 0 atom stereocenters. The van der Waals surface area contributed by atoms with Gasteiger partial charge in [0.15, 0.2) is 5.78 Å². The minimum absolute atomic E-state index is 0.0260. The van der Waals surface area contributed by atoms with E-state index < -0.39 is 0 Å². The van der Waals surface area contributed by atoms with E-state index in [1.54, 1.807) is 6.20 Å². The van der Waals surface area contributed by atoms with Gasteiger partial charge < -0.3 is 0 Å². The molecule has 1 aromatic rings. The van der Waals surface area contributed by atoms with E-state index in [4.69, 9.17) is 0 Å². The van der Waals surface area contributed by atoms with E-state index in [1.807, 2.05) is 32.9 Å². The van der Waals surface area contributed by atoms with Gasteiger partial charge in [-0.05, 0) is 18.6 Å². The highest BCUT2D eigenvalue weighted by Gasteiger charge is 2.01. The summed E-state index contributed by atoms with van der Waals surface area (Å²) >= 11 is 0. The Morgan fingerprint density at radius 3 is 2.33 bits per heavy atom. The van der Waals surface area contributed by atoms with Crippen LogP contribution in [0.25, 0.3) is 0 Å². The maximum Gasteiger partial charge on any atom is 0.178 e. The Bertz CT molecular complexity index is 256. The number of hydrogen-bond acceptors (Lipinski definition) is 2. The molecule has 2 nitrogen and oxygen atoms in total. The molecule has 1 aromatic heterocycles. The maximum atomic E-state index is 10.8. The first-order valence-electron chi connectivity index (χ1n) is 4.14. The summed E-state index contributed by atoms with van der Waals surface area (Å²) in [4.78, 5) is 14.7. The molecule has 0 aliphatic rings. The van der Waals surface area contributed by atoms with Gasteiger partial charge in [0.2, 0.25) is 0 Å². The molecule has 0 unspecified atom stereocenters. The van der Waals surface area contributed by atoms with E-state index in [0.717, 1.165) is 5.56 Å². The van der Waals surface area contributed by atoms with Crippen LogP contribution in [0.4, 0.5) is 0 Å². The number of nitrogens with zero attached hydrogens (tertiary/aromatic N) is 1. The quantitative estimate of drug-likeness (QED) is 0.599. The van der Waals surface area contributed by atoms with Crippen molar-refractivity contribution in [3.63, 3.8) is 0 Å². The average Bonchev–Trinajstić information content (AvgIpc) is 2.08. The Morgan fingerprint density at radius 2 is 2.00 bits per heavy atom. The Kier molecular flexibility index (Phi) is 4.93. The highest BCUT2D eigenvalue weighted by Crippen LogP contribution is 2.02. The third-order valence-corrected chi connectivity index (χ3v) is 1.34. The summed E-state index contributed by atoms with van der Waals surface area (Å²) in [7, 11) is 0. The summed E-state index contributed by atoms with van der Waals surface area (Å²) in [5.74, 6) is 0.0260. The highest BCUT2D eigenvalue weighted by atomic mass is 16.1. The zero-order chi connectivity index (χ0) is 9.56. The summed E-state index contributed by atoms with van der Waals surface area (Å²) in [5.41, 5.74) is 1.51. The second-order valence-electron chi connectivity index (χ2n) is 2.23. The number of hydrogen-bond donors (Lipinski definition) is 0. The van der Waals surface area contributed by atoms with Gasteiger partial charge in [-0.15, -0.1) is 0 Å². The standard InChI is InChI=1S/C8H9NO.C2H6/c1-6-4-3-5-9-8(6)7(2)10;1-2/h3-5H,1-2H3;1-2H3. The molecule has 66 valence electrons. The minimum Gasteiger partial charge on any atom is -0.293 e. The Labute approximate surface area is 73.6 Å². The van der Waals surface area contributed by atoms with Gasteiger partial charge in [-0.2, -0.15) is 0 Å². The number of Topliss-reactive ketones (excluding diaryl/α,β-unsaturated/α-hetero) is 1. The van der Waals surface area contributed by atoms with Crippen LogP contribution in [-0.2, 0) is 0 Å². The lowest BCUT2D eigenvalue weighted by Crippen LogP contribution is -1.98. The number of aryl methyl sites for hydroxylation is 1. The molecule has 2 heteroatoms. The molecule has 0 saturated heterocycles. The first-order chi connectivity index (χ1) is 5.72. The van der Waals surface area contributed by atoms with Crippen LogP contribution in [0.15, 0.2) is 18.3 Å². The molecule has 0 fully saturated rings. The molecular weight excluding hydrogens is 150 g/mol. The van der Waals surface area contributed by atoms with Crippen LogP contribution in [0.5, 0.6) is 0 Å². The van der Waals surface area contributed by atoms with Crippen LogP contribution >= 0.6 is 0 Å². The highest BCUT2D eigenvalue weighted by molar-refractivity contribution is 5.93. The number of rotatable bonds is 1. The molecule has 0 aliphatic heterocycles. The number of pyridine rings is 1. The Hall–Kier alpha value is -1.18. The third-order valence-electron chi connectivity index (χ3n) is 1.34. The summed E-state index contributed by atoms with van der Waals surface area (Å²) in [5, 5.41) is 0. The molecule has 12 heavy (non-hydrogen) atoms. The van der Waals surface area contributed by atoms with Crippen LogP contribution in [0, 0.1) is 6.92 Å². The summed E-state index contributed by atoms with van der Waals surface area (Å²) in [6, 6.07) is 3.70. The molecule has 1 heterocycles. The van der Waals surface area contributed by atoms with Crippen molar-refractivity contribution < 1.29 is 4.79 Å². The van der Waals surface area contributed by atoms with Crippen molar-refractivity contribution in [3.8, 4) is 0 Å². The fourth-order valence-electron chi connectivity index (χ4n) is 0.854. The minimum atomic E-state index is 0.0260. The third kappa shape index (κ3) is 2.82. The fraction of sp³-hybridized carbons (Fsp3) is 0.400. The summed E-state index contributed by atoms with van der Waals surface area (Å²) in [6.07, 6.45) is 1.63. The largest absolute Gasteiger partial charge is 0.293 e. The zero-order valence-corrected chi connectivity index (χ0v) is 8.09. The van der Waals surface area contributed by atoms with Crippen molar-refractivity contribution >= 4 is 5.78 Å². The fourth-order valence-corrected chi connectivity index (χ4v) is 0.854. The van der Waals surface area contributed by atoms with Gasteiger partial charge in [-0.1, -0.05) is 19.9 Å². The second-order valence-corrected chi connectivity index (χ2v) is 2.23. The van der Waals surface area contributed by atoms with E-state index in [2.05, 4.69) is 4.98 Å². The smallest absolute Gasteiger partial charge is 0.178 e. The van der Waals surface area contributed by atoms with Gasteiger partial charge >= 0.3 is 0 Å². The Balaban J connectivity index is 0.000000561. The molecule has 0 bridgehead atoms. The van der Waals surface area contributed by atoms with Crippen molar-refractivity contribution in [1.82, 2.24) is 4.98 Å². The van der Waals surface area contributed by atoms with Gasteiger partial charge in [0.1, 0.15) is 5.69 Å². The van der Waals surface area contributed by atoms with Gasteiger partial charge in [-0.25, -0.2) is 0 Å². The topological polar surface area (TPSA) is 30.0 Å². The van der Waals surface area contributed by atoms with E-state index in [9.17, 15) is 4.79 Å². The molecule has 0 aliphatic carbocycles. The van der Waals surface area contributed by atoms with Crippen LogP contribution in [0.3, 0.4) is 0 Å². The zero-order valence-electron chi connectivity index (χ0n) is 8.09. The number of carbonyl (C=O) groups excluding carboxylic acids is 1. The lowest BCUT2D eigenvalue weighted by Gasteiger charge is -1.96. The lowest BCUT2D eigenvalue weighted by atomic mass is 10.2. The predicted octanol–water partition coefficient (Wildman–Crippen LogP) is 2.62. The SMILES string of the molecule is CC.CC(=O)c1ncccc1C. The van der Waals surface area contributed by atoms with Crippen LogP contribution < -0.4 is 0 Å². The van der Waals surface area contributed by atoms with Gasteiger partial charge in [-0.3, -0.25) is 9.78 Å². The summed E-state index contributed by atoms with van der Waals surface area (Å²) in [6.45, 7) is 7.40. The van der Waals surface area contributed by atoms with Crippen LogP contribution in [0.2, 0.25) is 0 Å². The van der Waals surface area contributed by atoms with Crippen molar-refractivity contribution in [2.75, 3.05) is 0 Å². The Morgan fingerprint density at radius 1 is 1.42 bits per heavy atom. The molecule has 0 N–H and O–H groups in total. The van der Waals surface area contributed by atoms with Crippen molar-refractivity contribution in [3.05, 3.63) is 29.6 Å². The molecule has 0 amide bonds. The number of aromatic nitrogens is 1. The van der Waals surface area contributed by atoms with Gasteiger partial charge in [0, 0.05) is 13.1 Å².